The van der Waals surface area contributed by atoms with E-state index in [1.54, 1.807) is 0 Å². The van der Waals surface area contributed by atoms with Crippen LogP contribution in [-0.2, 0) is 0 Å². The molecule has 0 aliphatic carbocycles. The summed E-state index contributed by atoms with van der Waals surface area (Å²) in [7, 11) is 0. The van der Waals surface area contributed by atoms with E-state index in [0.717, 1.165) is 24.9 Å². The molecule has 0 bridgehead atoms. The Bertz CT molecular complexity index is 352. The fourth-order valence-corrected chi connectivity index (χ4v) is 2.50. The Hall–Kier alpha value is -1.02. The van der Waals surface area contributed by atoms with Gasteiger partial charge in [0.1, 0.15) is 0 Å². The molecule has 2 rings (SSSR count). The van der Waals surface area contributed by atoms with Gasteiger partial charge < -0.3 is 4.90 Å². The molecule has 16 heavy (non-hydrogen) atoms. The van der Waals surface area contributed by atoms with Gasteiger partial charge in [-0.2, -0.15) is 0 Å². The minimum absolute atomic E-state index is 0.117. The van der Waals surface area contributed by atoms with Crippen molar-refractivity contribution in [1.82, 2.24) is 4.90 Å². The molecule has 0 radical (unpaired) electrons. The van der Waals surface area contributed by atoms with Crippen molar-refractivity contribution >= 4 is 17.5 Å². The number of rotatable bonds is 2. The minimum atomic E-state index is 0.117. The Morgan fingerprint density at radius 2 is 2.06 bits per heavy atom. The molecule has 1 aliphatic heterocycles. The largest absolute Gasteiger partial charge is 0.334 e. The Morgan fingerprint density at radius 3 is 2.75 bits per heavy atom. The SMILES string of the molecule is O=C(c1ccccc1)N1CCCCC1CCl. The number of alkyl halides is 1. The fourth-order valence-electron chi connectivity index (χ4n) is 2.17. The maximum absolute atomic E-state index is 12.2. The van der Waals surface area contributed by atoms with E-state index in [1.807, 2.05) is 35.2 Å². The summed E-state index contributed by atoms with van der Waals surface area (Å²) < 4.78 is 0. The number of carbonyl (C=O) groups excluding carboxylic acids is 1. The number of nitrogens with zero attached hydrogens (tertiary/aromatic N) is 1. The average molecular weight is 238 g/mol. The van der Waals surface area contributed by atoms with Crippen molar-refractivity contribution in [1.29, 1.82) is 0 Å². The van der Waals surface area contributed by atoms with Crippen molar-refractivity contribution in [2.75, 3.05) is 12.4 Å². The molecule has 0 saturated carbocycles. The second-order valence-electron chi connectivity index (χ2n) is 4.17. The first-order chi connectivity index (χ1) is 7.83. The molecule has 1 aliphatic rings. The summed E-state index contributed by atoms with van der Waals surface area (Å²) in [6, 6.07) is 9.65. The summed E-state index contributed by atoms with van der Waals surface area (Å²) >= 11 is 5.91. The molecular weight excluding hydrogens is 222 g/mol. The molecule has 3 heteroatoms. The summed E-state index contributed by atoms with van der Waals surface area (Å²) in [6.45, 7) is 0.838. The van der Waals surface area contributed by atoms with E-state index in [2.05, 4.69) is 0 Å². The van der Waals surface area contributed by atoms with Gasteiger partial charge in [-0.1, -0.05) is 18.2 Å². The van der Waals surface area contributed by atoms with Crippen LogP contribution in [0.5, 0.6) is 0 Å². The van der Waals surface area contributed by atoms with Crippen LogP contribution < -0.4 is 0 Å². The van der Waals surface area contributed by atoms with Crippen LogP contribution in [-0.4, -0.2) is 29.3 Å². The predicted molar refractivity (Wildman–Crippen MR) is 65.8 cm³/mol. The topological polar surface area (TPSA) is 20.3 Å². The van der Waals surface area contributed by atoms with Gasteiger partial charge in [-0.3, -0.25) is 4.79 Å². The Labute approximate surface area is 101 Å². The summed E-state index contributed by atoms with van der Waals surface area (Å²) in [4.78, 5) is 14.2. The Morgan fingerprint density at radius 1 is 1.31 bits per heavy atom. The lowest BCUT2D eigenvalue weighted by molar-refractivity contribution is 0.0639. The maximum Gasteiger partial charge on any atom is 0.254 e. The molecule has 1 heterocycles. The van der Waals surface area contributed by atoms with Gasteiger partial charge in [0.2, 0.25) is 0 Å². The van der Waals surface area contributed by atoms with E-state index in [0.29, 0.717) is 5.88 Å². The van der Waals surface area contributed by atoms with Crippen molar-refractivity contribution in [3.8, 4) is 0 Å². The molecule has 0 N–H and O–H groups in total. The van der Waals surface area contributed by atoms with Crippen molar-refractivity contribution in [3.63, 3.8) is 0 Å². The standard InChI is InChI=1S/C13H16ClNO/c14-10-12-8-4-5-9-15(12)13(16)11-6-2-1-3-7-11/h1-3,6-7,12H,4-5,8-10H2. The number of halogens is 1. The van der Waals surface area contributed by atoms with Gasteiger partial charge in [-0.05, 0) is 31.4 Å². The molecule has 0 aromatic heterocycles. The molecule has 1 saturated heterocycles. The molecule has 86 valence electrons. The zero-order chi connectivity index (χ0) is 11.4. The number of carbonyl (C=O) groups is 1. The van der Waals surface area contributed by atoms with Gasteiger partial charge in [0.15, 0.2) is 0 Å². The zero-order valence-electron chi connectivity index (χ0n) is 9.23. The van der Waals surface area contributed by atoms with Crippen molar-refractivity contribution in [2.45, 2.75) is 25.3 Å². The number of benzene rings is 1. The van der Waals surface area contributed by atoms with Crippen LogP contribution in [0, 0.1) is 0 Å². The van der Waals surface area contributed by atoms with E-state index in [4.69, 9.17) is 11.6 Å². The lowest BCUT2D eigenvalue weighted by atomic mass is 10.0. The maximum atomic E-state index is 12.2. The van der Waals surface area contributed by atoms with Crippen LogP contribution >= 0.6 is 11.6 Å². The lowest BCUT2D eigenvalue weighted by Crippen LogP contribution is -2.44. The molecule has 1 atom stereocenters. The van der Waals surface area contributed by atoms with Crippen molar-refractivity contribution in [3.05, 3.63) is 35.9 Å². The highest BCUT2D eigenvalue weighted by Gasteiger charge is 2.26. The number of amides is 1. The van der Waals surface area contributed by atoms with Crippen LogP contribution in [0.1, 0.15) is 29.6 Å². The van der Waals surface area contributed by atoms with Crippen LogP contribution in [0.4, 0.5) is 0 Å². The summed E-state index contributed by atoms with van der Waals surface area (Å²) in [5.41, 5.74) is 0.763. The molecule has 1 aromatic rings. The van der Waals surface area contributed by atoms with E-state index in [1.165, 1.54) is 6.42 Å². The van der Waals surface area contributed by atoms with Crippen LogP contribution in [0.2, 0.25) is 0 Å². The van der Waals surface area contributed by atoms with Crippen LogP contribution in [0.3, 0.4) is 0 Å². The van der Waals surface area contributed by atoms with Crippen LogP contribution in [0.25, 0.3) is 0 Å². The molecule has 0 spiro atoms. The predicted octanol–water partition coefficient (Wildman–Crippen LogP) is 2.92. The van der Waals surface area contributed by atoms with Gasteiger partial charge in [-0.15, -0.1) is 11.6 Å². The third-order valence-corrected chi connectivity index (χ3v) is 3.44. The third-order valence-electron chi connectivity index (χ3n) is 3.09. The van der Waals surface area contributed by atoms with Gasteiger partial charge in [0.25, 0.3) is 5.91 Å². The second-order valence-corrected chi connectivity index (χ2v) is 4.48. The van der Waals surface area contributed by atoms with E-state index < -0.39 is 0 Å². The quantitative estimate of drug-likeness (QED) is 0.725. The van der Waals surface area contributed by atoms with Gasteiger partial charge in [-0.25, -0.2) is 0 Å². The smallest absolute Gasteiger partial charge is 0.254 e. The van der Waals surface area contributed by atoms with Gasteiger partial charge >= 0.3 is 0 Å². The summed E-state index contributed by atoms with van der Waals surface area (Å²) in [6.07, 6.45) is 3.30. The van der Waals surface area contributed by atoms with E-state index in [-0.39, 0.29) is 11.9 Å². The molecule has 1 aromatic carbocycles. The minimum Gasteiger partial charge on any atom is -0.334 e. The van der Waals surface area contributed by atoms with Gasteiger partial charge in [0.05, 0.1) is 0 Å². The third kappa shape index (κ3) is 2.38. The van der Waals surface area contributed by atoms with Crippen LogP contribution in [0.15, 0.2) is 30.3 Å². The molecule has 1 unspecified atom stereocenters. The highest BCUT2D eigenvalue weighted by Crippen LogP contribution is 2.20. The van der Waals surface area contributed by atoms with Crippen molar-refractivity contribution in [2.24, 2.45) is 0 Å². The highest BCUT2D eigenvalue weighted by molar-refractivity contribution is 6.18. The normalized spacial score (nSPS) is 20.8. The zero-order valence-corrected chi connectivity index (χ0v) is 9.99. The molecular formula is C13H16ClNO. The highest BCUT2D eigenvalue weighted by atomic mass is 35.5. The van der Waals surface area contributed by atoms with Gasteiger partial charge in [0, 0.05) is 24.0 Å². The van der Waals surface area contributed by atoms with E-state index in [9.17, 15) is 4.79 Å². The molecule has 2 nitrogen and oxygen atoms in total. The van der Waals surface area contributed by atoms with E-state index >= 15 is 0 Å². The average Bonchev–Trinajstić information content (AvgIpc) is 2.39. The number of hydrogen-bond acceptors (Lipinski definition) is 1. The first kappa shape index (κ1) is 11.5. The second kappa shape index (κ2) is 5.35. The number of hydrogen-bond donors (Lipinski definition) is 0. The molecule has 1 fully saturated rings. The monoisotopic (exact) mass is 237 g/mol. The number of likely N-dealkylation sites (tertiary alicyclic amines) is 1. The first-order valence-corrected chi connectivity index (χ1v) is 6.28. The summed E-state index contributed by atoms with van der Waals surface area (Å²) in [5, 5.41) is 0. The first-order valence-electron chi connectivity index (χ1n) is 5.75. The molecule has 1 amide bonds. The lowest BCUT2D eigenvalue weighted by Gasteiger charge is -2.34. The number of piperidine rings is 1. The summed E-state index contributed by atoms with van der Waals surface area (Å²) in [5.74, 6) is 0.657. The Balaban J connectivity index is 2.14. The van der Waals surface area contributed by atoms with Crippen molar-refractivity contribution < 1.29 is 4.79 Å². The Kier molecular flexibility index (Phi) is 3.83. The fraction of sp³-hybridized carbons (Fsp3) is 0.462.